The number of hydrogen-bond donors (Lipinski definition) is 3. The van der Waals surface area contributed by atoms with Crippen molar-refractivity contribution in [3.63, 3.8) is 0 Å². The molecule has 0 saturated carbocycles. The maximum absolute atomic E-state index is 12.9. The Balaban J connectivity index is 1.26. The van der Waals surface area contributed by atoms with Crippen molar-refractivity contribution >= 4 is 17.5 Å². The number of para-hydroxylation sites is 2. The minimum Gasteiger partial charge on any atom is -0.495 e. The number of hydrogen-bond acceptors (Lipinski definition) is 7. The Labute approximate surface area is 198 Å². The van der Waals surface area contributed by atoms with Gasteiger partial charge < -0.3 is 34.8 Å². The first-order chi connectivity index (χ1) is 16.5. The molecule has 9 nitrogen and oxygen atoms in total. The summed E-state index contributed by atoms with van der Waals surface area (Å²) in [5.41, 5.74) is 1.49. The van der Waals surface area contributed by atoms with Crippen molar-refractivity contribution in [1.82, 2.24) is 10.2 Å². The maximum atomic E-state index is 12.9. The number of aliphatic hydroxyl groups is 2. The molecule has 2 aliphatic heterocycles. The van der Waals surface area contributed by atoms with Gasteiger partial charge in [0, 0.05) is 38.3 Å². The minimum absolute atomic E-state index is 0.0317. The molecule has 0 aliphatic carbocycles. The van der Waals surface area contributed by atoms with Crippen LogP contribution < -0.4 is 15.0 Å². The van der Waals surface area contributed by atoms with Crippen molar-refractivity contribution in [3.05, 3.63) is 60.2 Å². The Hall–Kier alpha value is -3.14. The average Bonchev–Trinajstić information content (AvgIpc) is 3.15. The van der Waals surface area contributed by atoms with Crippen molar-refractivity contribution in [2.24, 2.45) is 0 Å². The number of benzene rings is 2. The smallest absolute Gasteiger partial charge is 0.251 e. The number of piperazine rings is 1. The van der Waals surface area contributed by atoms with Gasteiger partial charge in [-0.3, -0.25) is 9.59 Å². The van der Waals surface area contributed by atoms with Crippen LogP contribution in [0.15, 0.2) is 54.6 Å². The third kappa shape index (κ3) is 5.32. The molecular formula is C25H31N3O6. The van der Waals surface area contributed by atoms with Gasteiger partial charge >= 0.3 is 0 Å². The highest BCUT2D eigenvalue weighted by molar-refractivity contribution is 5.94. The van der Waals surface area contributed by atoms with Gasteiger partial charge in [-0.05, 0) is 24.3 Å². The van der Waals surface area contributed by atoms with Crippen LogP contribution in [0, 0.1) is 0 Å². The van der Waals surface area contributed by atoms with Gasteiger partial charge in [-0.25, -0.2) is 0 Å². The maximum Gasteiger partial charge on any atom is 0.251 e. The number of methoxy groups -OCH3 is 1. The lowest BCUT2D eigenvalue weighted by Crippen LogP contribution is -2.50. The Morgan fingerprint density at radius 1 is 0.971 bits per heavy atom. The van der Waals surface area contributed by atoms with E-state index in [1.807, 2.05) is 30.3 Å². The van der Waals surface area contributed by atoms with Gasteiger partial charge in [-0.15, -0.1) is 0 Å². The van der Waals surface area contributed by atoms with Crippen LogP contribution in [0.25, 0.3) is 0 Å². The largest absolute Gasteiger partial charge is 0.495 e. The molecule has 4 atom stereocenters. The molecular weight excluding hydrogens is 438 g/mol. The SMILES string of the molecule is COc1ccccc1N1CCN(C(=O)CC2OC(CNC(=O)c3ccccc3)C(O)C2O)CC1. The monoisotopic (exact) mass is 469 g/mol. The molecule has 4 unspecified atom stereocenters. The number of amides is 2. The van der Waals surface area contributed by atoms with Crippen LogP contribution in [0.5, 0.6) is 5.75 Å². The zero-order valence-electron chi connectivity index (χ0n) is 19.2. The molecule has 0 spiro atoms. The molecule has 0 aromatic heterocycles. The highest BCUT2D eigenvalue weighted by Crippen LogP contribution is 2.29. The molecule has 3 N–H and O–H groups in total. The zero-order chi connectivity index (χ0) is 24.1. The summed E-state index contributed by atoms with van der Waals surface area (Å²) < 4.78 is 11.2. The fourth-order valence-corrected chi connectivity index (χ4v) is 4.44. The third-order valence-electron chi connectivity index (χ3n) is 6.40. The number of rotatable bonds is 7. The number of nitrogens with zero attached hydrogens (tertiary/aromatic N) is 2. The lowest BCUT2D eigenvalue weighted by molar-refractivity contribution is -0.135. The van der Waals surface area contributed by atoms with Crippen LogP contribution in [-0.4, -0.2) is 91.2 Å². The summed E-state index contributed by atoms with van der Waals surface area (Å²) in [5, 5.41) is 23.5. The van der Waals surface area contributed by atoms with Crippen molar-refractivity contribution < 1.29 is 29.3 Å². The average molecular weight is 470 g/mol. The van der Waals surface area contributed by atoms with Crippen LogP contribution in [0.3, 0.4) is 0 Å². The first-order valence-electron chi connectivity index (χ1n) is 11.5. The van der Waals surface area contributed by atoms with Crippen LogP contribution in [0.1, 0.15) is 16.8 Å². The Morgan fingerprint density at radius 2 is 1.62 bits per heavy atom. The highest BCUT2D eigenvalue weighted by atomic mass is 16.5. The van der Waals surface area contributed by atoms with Gasteiger partial charge in [0.05, 0.1) is 25.3 Å². The van der Waals surface area contributed by atoms with Gasteiger partial charge in [-0.2, -0.15) is 0 Å². The second-order valence-electron chi connectivity index (χ2n) is 8.51. The van der Waals surface area contributed by atoms with E-state index in [-0.39, 0.29) is 24.8 Å². The number of carbonyl (C=O) groups excluding carboxylic acids is 2. The summed E-state index contributed by atoms with van der Waals surface area (Å²) >= 11 is 0. The fraction of sp³-hybridized carbons (Fsp3) is 0.440. The normalized spacial score (nSPS) is 24.7. The molecule has 2 amide bonds. The molecule has 2 aromatic carbocycles. The molecule has 4 rings (SSSR count). The van der Waals surface area contributed by atoms with Crippen LogP contribution >= 0.6 is 0 Å². The first-order valence-corrected chi connectivity index (χ1v) is 11.5. The van der Waals surface area contributed by atoms with E-state index in [1.54, 1.807) is 36.3 Å². The number of carbonyl (C=O) groups is 2. The van der Waals surface area contributed by atoms with Crippen molar-refractivity contribution in [1.29, 1.82) is 0 Å². The van der Waals surface area contributed by atoms with Gasteiger partial charge in [0.15, 0.2) is 0 Å². The molecule has 0 bridgehead atoms. The van der Waals surface area contributed by atoms with Gasteiger partial charge in [0.1, 0.15) is 24.1 Å². The van der Waals surface area contributed by atoms with E-state index in [2.05, 4.69) is 10.2 Å². The third-order valence-corrected chi connectivity index (χ3v) is 6.40. The summed E-state index contributed by atoms with van der Waals surface area (Å²) in [6.45, 7) is 2.44. The molecule has 2 fully saturated rings. The van der Waals surface area contributed by atoms with E-state index in [1.165, 1.54) is 0 Å². The Morgan fingerprint density at radius 3 is 2.32 bits per heavy atom. The summed E-state index contributed by atoms with van der Waals surface area (Å²) in [4.78, 5) is 29.0. The molecule has 9 heteroatoms. The molecule has 2 aromatic rings. The minimum atomic E-state index is -1.20. The van der Waals surface area contributed by atoms with Crippen LogP contribution in [-0.2, 0) is 9.53 Å². The van der Waals surface area contributed by atoms with Crippen molar-refractivity contribution in [2.45, 2.75) is 30.8 Å². The van der Waals surface area contributed by atoms with Gasteiger partial charge in [0.2, 0.25) is 5.91 Å². The Kier molecular flexibility index (Phi) is 7.66. The fourth-order valence-electron chi connectivity index (χ4n) is 4.44. The molecule has 182 valence electrons. The van der Waals surface area contributed by atoms with Gasteiger partial charge in [0.25, 0.3) is 5.91 Å². The summed E-state index contributed by atoms with van der Waals surface area (Å²) in [6.07, 6.45) is -4.03. The second kappa shape index (κ2) is 10.9. The van der Waals surface area contributed by atoms with Crippen LogP contribution in [0.2, 0.25) is 0 Å². The molecule has 0 radical (unpaired) electrons. The first kappa shape index (κ1) is 24.0. The second-order valence-corrected chi connectivity index (χ2v) is 8.51. The van der Waals surface area contributed by atoms with E-state index in [0.717, 1.165) is 11.4 Å². The summed E-state index contributed by atoms with van der Waals surface area (Å²) in [5.74, 6) is 0.368. The molecule has 34 heavy (non-hydrogen) atoms. The zero-order valence-corrected chi connectivity index (χ0v) is 19.2. The van der Waals surface area contributed by atoms with E-state index in [9.17, 15) is 19.8 Å². The van der Waals surface area contributed by atoms with Crippen molar-refractivity contribution in [3.8, 4) is 5.75 Å². The number of nitrogens with one attached hydrogen (secondary N) is 1. The summed E-state index contributed by atoms with van der Waals surface area (Å²) in [6, 6.07) is 16.5. The molecule has 2 heterocycles. The van der Waals surface area contributed by atoms with E-state index in [0.29, 0.717) is 31.7 Å². The van der Waals surface area contributed by atoms with Crippen molar-refractivity contribution in [2.75, 3.05) is 44.7 Å². The van der Waals surface area contributed by atoms with Crippen LogP contribution in [0.4, 0.5) is 5.69 Å². The highest BCUT2D eigenvalue weighted by Gasteiger charge is 2.44. The quantitative estimate of drug-likeness (QED) is 0.546. The lowest BCUT2D eigenvalue weighted by Gasteiger charge is -2.37. The van der Waals surface area contributed by atoms with Gasteiger partial charge in [-0.1, -0.05) is 30.3 Å². The standard InChI is InChI=1S/C25H31N3O6/c1-33-19-10-6-5-9-18(19)27-11-13-28(14-12-27)22(29)15-20-23(30)24(31)21(34-20)16-26-25(32)17-7-3-2-4-8-17/h2-10,20-21,23-24,30-31H,11-16H2,1H3,(H,26,32). The number of ether oxygens (including phenoxy) is 2. The topological polar surface area (TPSA) is 112 Å². The van der Waals surface area contributed by atoms with E-state index >= 15 is 0 Å². The predicted octanol–water partition coefficient (Wildman–Crippen LogP) is 0.653. The number of aliphatic hydroxyl groups excluding tert-OH is 2. The summed E-state index contributed by atoms with van der Waals surface area (Å²) in [7, 11) is 1.64. The molecule has 2 aliphatic rings. The van der Waals surface area contributed by atoms with E-state index < -0.39 is 24.4 Å². The predicted molar refractivity (Wildman–Crippen MR) is 126 cm³/mol. The number of anilines is 1. The molecule has 2 saturated heterocycles. The Bertz CT molecular complexity index is 980. The lowest BCUT2D eigenvalue weighted by atomic mass is 10.0. The van der Waals surface area contributed by atoms with E-state index in [4.69, 9.17) is 9.47 Å².